The summed E-state index contributed by atoms with van der Waals surface area (Å²) < 4.78 is 6.94. The fourth-order valence-corrected chi connectivity index (χ4v) is 2.50. The highest BCUT2D eigenvalue weighted by molar-refractivity contribution is 7.99. The van der Waals surface area contributed by atoms with E-state index in [0.717, 1.165) is 24.9 Å². The van der Waals surface area contributed by atoms with Crippen molar-refractivity contribution < 1.29 is 4.74 Å². The van der Waals surface area contributed by atoms with Crippen molar-refractivity contribution in [3.8, 4) is 0 Å². The lowest BCUT2D eigenvalue weighted by Crippen LogP contribution is -2.18. The van der Waals surface area contributed by atoms with Crippen LogP contribution in [0.3, 0.4) is 0 Å². The second-order valence-corrected chi connectivity index (χ2v) is 5.11. The van der Waals surface area contributed by atoms with Crippen LogP contribution in [0.15, 0.2) is 40.6 Å². The normalized spacial score (nSPS) is 10.8. The molecule has 0 radical (unpaired) electrons. The van der Waals surface area contributed by atoms with E-state index in [4.69, 9.17) is 4.74 Å². The quantitative estimate of drug-likeness (QED) is 0.781. The lowest BCUT2D eigenvalue weighted by Gasteiger charge is -2.09. The number of aryl methyl sites for hydroxylation is 1. The van der Waals surface area contributed by atoms with E-state index in [2.05, 4.69) is 27.6 Å². The van der Waals surface area contributed by atoms with Crippen LogP contribution in [0.5, 0.6) is 0 Å². The number of benzene rings is 1. The Morgan fingerprint density at radius 3 is 2.95 bits per heavy atom. The molecule has 1 aromatic carbocycles. The van der Waals surface area contributed by atoms with Gasteiger partial charge < -0.3 is 14.6 Å². The summed E-state index contributed by atoms with van der Waals surface area (Å²) in [5.74, 6) is 0. The van der Waals surface area contributed by atoms with Crippen molar-refractivity contribution >= 4 is 11.8 Å². The molecule has 0 aliphatic heterocycles. The maximum atomic E-state index is 5.02. The number of nitrogens with one attached hydrogen (secondary N) is 1. The largest absolute Gasteiger partial charge is 0.383 e. The predicted octanol–water partition coefficient (Wildman–Crippen LogP) is 1.70. The maximum absolute atomic E-state index is 5.02. The zero-order valence-corrected chi connectivity index (χ0v) is 12.0. The van der Waals surface area contributed by atoms with E-state index < -0.39 is 0 Å². The highest BCUT2D eigenvalue weighted by Crippen LogP contribution is 2.28. The molecule has 1 aromatic heterocycles. The Bertz CT molecular complexity index is 515. The molecule has 0 atom stereocenters. The molecular formula is C13H18N4OS. The van der Waals surface area contributed by atoms with Gasteiger partial charge in [-0.1, -0.05) is 18.2 Å². The van der Waals surface area contributed by atoms with Gasteiger partial charge in [0.05, 0.1) is 6.61 Å². The summed E-state index contributed by atoms with van der Waals surface area (Å²) in [7, 11) is 3.65. The maximum Gasteiger partial charge on any atom is 0.195 e. The van der Waals surface area contributed by atoms with Crippen molar-refractivity contribution in [2.24, 2.45) is 7.05 Å². The third-order valence-corrected chi connectivity index (χ3v) is 3.81. The molecule has 0 unspecified atom stereocenters. The van der Waals surface area contributed by atoms with Gasteiger partial charge in [0, 0.05) is 32.1 Å². The van der Waals surface area contributed by atoms with E-state index in [0.29, 0.717) is 0 Å². The Morgan fingerprint density at radius 2 is 2.21 bits per heavy atom. The molecule has 2 aromatic rings. The summed E-state index contributed by atoms with van der Waals surface area (Å²) in [6.45, 7) is 2.39. The molecule has 1 N–H and O–H groups in total. The highest BCUT2D eigenvalue weighted by Gasteiger charge is 2.07. The second kappa shape index (κ2) is 7.28. The molecule has 2 rings (SSSR count). The van der Waals surface area contributed by atoms with Gasteiger partial charge in [-0.05, 0) is 23.4 Å². The Kier molecular flexibility index (Phi) is 5.38. The number of methoxy groups -OCH3 is 1. The molecule has 0 spiro atoms. The standard InChI is InChI=1S/C13H18N4OS/c1-17-10-15-16-13(17)19-12-6-4-3-5-11(12)9-14-7-8-18-2/h3-6,10,14H,7-9H2,1-2H3. The van der Waals surface area contributed by atoms with Crippen LogP contribution in [0, 0.1) is 0 Å². The molecule has 102 valence electrons. The number of hydrogen-bond acceptors (Lipinski definition) is 5. The van der Waals surface area contributed by atoms with E-state index in [1.807, 2.05) is 23.7 Å². The van der Waals surface area contributed by atoms with E-state index in [1.165, 1.54) is 10.5 Å². The van der Waals surface area contributed by atoms with Crippen molar-refractivity contribution in [2.75, 3.05) is 20.3 Å². The highest BCUT2D eigenvalue weighted by atomic mass is 32.2. The lowest BCUT2D eigenvalue weighted by atomic mass is 10.2. The molecule has 0 aliphatic carbocycles. The third kappa shape index (κ3) is 4.05. The van der Waals surface area contributed by atoms with Crippen molar-refractivity contribution in [1.82, 2.24) is 20.1 Å². The van der Waals surface area contributed by atoms with Crippen molar-refractivity contribution in [3.63, 3.8) is 0 Å². The topological polar surface area (TPSA) is 52.0 Å². The first-order valence-electron chi connectivity index (χ1n) is 6.10. The number of hydrogen-bond donors (Lipinski definition) is 1. The molecule has 6 heteroatoms. The minimum Gasteiger partial charge on any atom is -0.383 e. The van der Waals surface area contributed by atoms with Gasteiger partial charge >= 0.3 is 0 Å². The predicted molar refractivity (Wildman–Crippen MR) is 75.2 cm³/mol. The van der Waals surface area contributed by atoms with Gasteiger partial charge in [-0.25, -0.2) is 0 Å². The van der Waals surface area contributed by atoms with E-state index >= 15 is 0 Å². The Balaban J connectivity index is 2.02. The van der Waals surface area contributed by atoms with Crippen LogP contribution in [-0.2, 0) is 18.3 Å². The number of aromatic nitrogens is 3. The van der Waals surface area contributed by atoms with E-state index in [1.54, 1.807) is 25.2 Å². The van der Waals surface area contributed by atoms with Crippen LogP contribution in [0.1, 0.15) is 5.56 Å². The van der Waals surface area contributed by atoms with Crippen LogP contribution in [-0.4, -0.2) is 35.0 Å². The van der Waals surface area contributed by atoms with Gasteiger partial charge in [-0.15, -0.1) is 10.2 Å². The minimum absolute atomic E-state index is 0.721. The summed E-state index contributed by atoms with van der Waals surface area (Å²) in [5.41, 5.74) is 1.26. The van der Waals surface area contributed by atoms with Crippen LogP contribution in [0.4, 0.5) is 0 Å². The first-order chi connectivity index (χ1) is 9.31. The molecule has 0 saturated heterocycles. The zero-order valence-electron chi connectivity index (χ0n) is 11.2. The molecule has 0 aliphatic rings. The first-order valence-corrected chi connectivity index (χ1v) is 6.92. The first kappa shape index (κ1) is 14.0. The molecule has 1 heterocycles. The van der Waals surface area contributed by atoms with Crippen molar-refractivity contribution in [2.45, 2.75) is 16.6 Å². The van der Waals surface area contributed by atoms with Gasteiger partial charge in [-0.2, -0.15) is 0 Å². The Morgan fingerprint density at radius 1 is 1.37 bits per heavy atom. The molecule has 0 fully saturated rings. The molecule has 19 heavy (non-hydrogen) atoms. The summed E-state index contributed by atoms with van der Waals surface area (Å²) >= 11 is 1.63. The Hall–Kier alpha value is -1.37. The number of ether oxygens (including phenoxy) is 1. The fourth-order valence-electron chi connectivity index (χ4n) is 1.61. The van der Waals surface area contributed by atoms with E-state index in [9.17, 15) is 0 Å². The van der Waals surface area contributed by atoms with Crippen LogP contribution in [0.2, 0.25) is 0 Å². The smallest absolute Gasteiger partial charge is 0.195 e. The fraction of sp³-hybridized carbons (Fsp3) is 0.385. The molecule has 0 bridgehead atoms. The summed E-state index contributed by atoms with van der Waals surface area (Å²) in [6, 6.07) is 8.32. The van der Waals surface area contributed by atoms with Gasteiger partial charge in [-0.3, -0.25) is 0 Å². The van der Waals surface area contributed by atoms with Crippen LogP contribution < -0.4 is 5.32 Å². The van der Waals surface area contributed by atoms with Crippen LogP contribution >= 0.6 is 11.8 Å². The van der Waals surface area contributed by atoms with Crippen LogP contribution in [0.25, 0.3) is 0 Å². The van der Waals surface area contributed by atoms with Gasteiger partial charge in [0.2, 0.25) is 0 Å². The minimum atomic E-state index is 0.721. The summed E-state index contributed by atoms with van der Waals surface area (Å²) in [4.78, 5) is 1.20. The average molecular weight is 278 g/mol. The van der Waals surface area contributed by atoms with Gasteiger partial charge in [0.1, 0.15) is 6.33 Å². The molecule has 0 amide bonds. The zero-order chi connectivity index (χ0) is 13.5. The SMILES string of the molecule is COCCNCc1ccccc1Sc1nncn1C. The van der Waals surface area contributed by atoms with Crippen molar-refractivity contribution in [1.29, 1.82) is 0 Å². The number of rotatable bonds is 7. The third-order valence-electron chi connectivity index (χ3n) is 2.64. The summed E-state index contributed by atoms with van der Waals surface area (Å²) in [5, 5.41) is 12.2. The molecule has 5 nitrogen and oxygen atoms in total. The Labute approximate surface area is 117 Å². The second-order valence-electron chi connectivity index (χ2n) is 4.10. The number of nitrogens with zero attached hydrogens (tertiary/aromatic N) is 3. The lowest BCUT2D eigenvalue weighted by molar-refractivity contribution is 0.199. The molecular weight excluding hydrogens is 260 g/mol. The van der Waals surface area contributed by atoms with Crippen molar-refractivity contribution in [3.05, 3.63) is 36.2 Å². The average Bonchev–Trinajstić information content (AvgIpc) is 2.82. The summed E-state index contributed by atoms with van der Waals surface area (Å²) in [6.07, 6.45) is 1.71. The monoisotopic (exact) mass is 278 g/mol. The van der Waals surface area contributed by atoms with Gasteiger partial charge in [0.15, 0.2) is 5.16 Å². The van der Waals surface area contributed by atoms with Gasteiger partial charge in [0.25, 0.3) is 0 Å². The van der Waals surface area contributed by atoms with E-state index in [-0.39, 0.29) is 0 Å². The molecule has 0 saturated carbocycles.